The summed E-state index contributed by atoms with van der Waals surface area (Å²) in [4.78, 5) is 18.7. The Bertz CT molecular complexity index is 699. The SMILES string of the molecule is CCCCNC(=O)N1CCCC1c1nc(-c2ccc(OC)cc2)no1. The van der Waals surface area contributed by atoms with Crippen LogP contribution in [0.4, 0.5) is 4.79 Å². The molecule has 0 aliphatic carbocycles. The van der Waals surface area contributed by atoms with Crippen molar-refractivity contribution in [2.24, 2.45) is 0 Å². The molecule has 1 aliphatic rings. The number of urea groups is 1. The van der Waals surface area contributed by atoms with E-state index in [0.29, 0.717) is 24.8 Å². The molecule has 3 rings (SSSR count). The molecule has 25 heavy (non-hydrogen) atoms. The number of rotatable bonds is 6. The number of carbonyl (C=O) groups excluding carboxylic acids is 1. The van der Waals surface area contributed by atoms with E-state index in [9.17, 15) is 4.79 Å². The lowest BCUT2D eigenvalue weighted by atomic mass is 10.2. The molecule has 7 nitrogen and oxygen atoms in total. The number of nitrogens with one attached hydrogen (secondary N) is 1. The van der Waals surface area contributed by atoms with Crippen LogP contribution in [0.5, 0.6) is 5.75 Å². The zero-order valence-corrected chi connectivity index (χ0v) is 14.7. The minimum absolute atomic E-state index is 0.0554. The monoisotopic (exact) mass is 344 g/mol. The Morgan fingerprint density at radius 2 is 2.20 bits per heavy atom. The molecule has 1 aromatic carbocycles. The number of methoxy groups -OCH3 is 1. The highest BCUT2D eigenvalue weighted by Crippen LogP contribution is 2.32. The molecular formula is C18H24N4O3. The fraction of sp³-hybridized carbons (Fsp3) is 0.500. The second-order valence-corrected chi connectivity index (χ2v) is 6.12. The van der Waals surface area contributed by atoms with E-state index in [4.69, 9.17) is 9.26 Å². The highest BCUT2D eigenvalue weighted by Gasteiger charge is 2.34. The second kappa shape index (κ2) is 8.00. The smallest absolute Gasteiger partial charge is 0.318 e. The molecule has 2 heterocycles. The van der Waals surface area contributed by atoms with Crippen LogP contribution in [0.25, 0.3) is 11.4 Å². The van der Waals surface area contributed by atoms with Crippen LogP contribution in [0.3, 0.4) is 0 Å². The summed E-state index contributed by atoms with van der Waals surface area (Å²) in [7, 11) is 1.63. The van der Waals surface area contributed by atoms with Crippen molar-refractivity contribution in [1.29, 1.82) is 0 Å². The van der Waals surface area contributed by atoms with Crippen LogP contribution in [0, 0.1) is 0 Å². The average molecular weight is 344 g/mol. The van der Waals surface area contributed by atoms with Crippen molar-refractivity contribution in [1.82, 2.24) is 20.4 Å². The third-order valence-electron chi connectivity index (χ3n) is 4.40. The molecule has 134 valence electrons. The van der Waals surface area contributed by atoms with Gasteiger partial charge in [0.1, 0.15) is 11.8 Å². The first-order chi connectivity index (χ1) is 12.2. The fourth-order valence-electron chi connectivity index (χ4n) is 2.97. The van der Waals surface area contributed by atoms with Gasteiger partial charge in [0.25, 0.3) is 0 Å². The van der Waals surface area contributed by atoms with Crippen LogP contribution in [0.15, 0.2) is 28.8 Å². The predicted molar refractivity (Wildman–Crippen MR) is 93.3 cm³/mol. The summed E-state index contributed by atoms with van der Waals surface area (Å²) >= 11 is 0. The number of nitrogens with zero attached hydrogens (tertiary/aromatic N) is 3. The van der Waals surface area contributed by atoms with E-state index in [-0.39, 0.29) is 12.1 Å². The number of unbranched alkanes of at least 4 members (excludes halogenated alkanes) is 1. The van der Waals surface area contributed by atoms with Crippen molar-refractivity contribution in [3.63, 3.8) is 0 Å². The molecule has 1 fully saturated rings. The lowest BCUT2D eigenvalue weighted by molar-refractivity contribution is 0.180. The first kappa shape index (κ1) is 17.3. The minimum Gasteiger partial charge on any atom is -0.497 e. The summed E-state index contributed by atoms with van der Waals surface area (Å²) in [5, 5.41) is 7.03. The number of hydrogen-bond acceptors (Lipinski definition) is 5. The Morgan fingerprint density at radius 1 is 1.40 bits per heavy atom. The fourth-order valence-corrected chi connectivity index (χ4v) is 2.97. The van der Waals surface area contributed by atoms with Gasteiger partial charge in [0, 0.05) is 18.7 Å². The molecule has 0 bridgehead atoms. The molecule has 1 N–H and O–H groups in total. The number of benzene rings is 1. The molecule has 1 atom stereocenters. The largest absolute Gasteiger partial charge is 0.497 e. The van der Waals surface area contributed by atoms with Crippen molar-refractivity contribution in [3.8, 4) is 17.1 Å². The Hall–Kier alpha value is -2.57. The molecule has 1 saturated heterocycles. The lowest BCUT2D eigenvalue weighted by Crippen LogP contribution is -2.39. The van der Waals surface area contributed by atoms with Gasteiger partial charge in [0.2, 0.25) is 11.7 Å². The number of amides is 2. The van der Waals surface area contributed by atoms with E-state index in [1.54, 1.807) is 12.0 Å². The van der Waals surface area contributed by atoms with Crippen LogP contribution >= 0.6 is 0 Å². The molecule has 1 unspecified atom stereocenters. The second-order valence-electron chi connectivity index (χ2n) is 6.12. The number of carbonyl (C=O) groups is 1. The normalized spacial score (nSPS) is 16.9. The van der Waals surface area contributed by atoms with E-state index in [2.05, 4.69) is 22.4 Å². The zero-order chi connectivity index (χ0) is 17.6. The van der Waals surface area contributed by atoms with Crippen molar-refractivity contribution in [2.45, 2.75) is 38.6 Å². The van der Waals surface area contributed by atoms with E-state index >= 15 is 0 Å². The third kappa shape index (κ3) is 3.92. The van der Waals surface area contributed by atoms with Crippen molar-refractivity contribution in [2.75, 3.05) is 20.2 Å². The summed E-state index contributed by atoms with van der Waals surface area (Å²) in [6.07, 6.45) is 3.81. The Kier molecular flexibility index (Phi) is 5.53. The third-order valence-corrected chi connectivity index (χ3v) is 4.40. The summed E-state index contributed by atoms with van der Waals surface area (Å²) in [6.45, 7) is 3.51. The van der Waals surface area contributed by atoms with Gasteiger partial charge in [0.05, 0.1) is 7.11 Å². The molecule has 1 aromatic heterocycles. The Balaban J connectivity index is 1.70. The van der Waals surface area contributed by atoms with Crippen LogP contribution < -0.4 is 10.1 Å². The first-order valence-corrected chi connectivity index (χ1v) is 8.75. The van der Waals surface area contributed by atoms with Gasteiger partial charge in [-0.15, -0.1) is 0 Å². The number of hydrogen-bond donors (Lipinski definition) is 1. The quantitative estimate of drug-likeness (QED) is 0.813. The lowest BCUT2D eigenvalue weighted by Gasteiger charge is -2.22. The maximum Gasteiger partial charge on any atom is 0.318 e. The van der Waals surface area contributed by atoms with Gasteiger partial charge in [-0.1, -0.05) is 18.5 Å². The van der Waals surface area contributed by atoms with E-state index < -0.39 is 0 Å². The van der Waals surface area contributed by atoms with Crippen molar-refractivity contribution >= 4 is 6.03 Å². The van der Waals surface area contributed by atoms with Gasteiger partial charge in [0.15, 0.2) is 0 Å². The van der Waals surface area contributed by atoms with Crippen LogP contribution in [-0.2, 0) is 0 Å². The van der Waals surface area contributed by atoms with Crippen LogP contribution in [-0.4, -0.2) is 41.3 Å². The summed E-state index contributed by atoms with van der Waals surface area (Å²) in [6, 6.07) is 7.28. The van der Waals surface area contributed by atoms with Gasteiger partial charge >= 0.3 is 6.03 Å². The Labute approximate surface area is 147 Å². The van der Waals surface area contributed by atoms with E-state index in [1.165, 1.54) is 0 Å². The maximum atomic E-state index is 12.4. The van der Waals surface area contributed by atoms with Crippen LogP contribution in [0.2, 0.25) is 0 Å². The number of ether oxygens (including phenoxy) is 1. The maximum absolute atomic E-state index is 12.4. The summed E-state index contributed by atoms with van der Waals surface area (Å²) in [5.41, 5.74) is 0.854. The molecule has 0 spiro atoms. The summed E-state index contributed by atoms with van der Waals surface area (Å²) in [5.74, 6) is 1.79. The standard InChI is InChI=1S/C18H24N4O3/c1-3-4-11-19-18(23)22-12-5-6-15(22)17-20-16(21-25-17)13-7-9-14(24-2)10-8-13/h7-10,15H,3-6,11-12H2,1-2H3,(H,19,23). The van der Waals surface area contributed by atoms with E-state index in [1.807, 2.05) is 24.3 Å². The molecular weight excluding hydrogens is 320 g/mol. The van der Waals surface area contributed by atoms with Gasteiger partial charge in [-0.25, -0.2) is 4.79 Å². The molecule has 2 amide bonds. The van der Waals surface area contributed by atoms with Gasteiger partial charge in [-0.3, -0.25) is 0 Å². The average Bonchev–Trinajstić information content (AvgIpc) is 3.31. The first-order valence-electron chi connectivity index (χ1n) is 8.75. The molecule has 2 aromatic rings. The van der Waals surface area contributed by atoms with Gasteiger partial charge in [-0.2, -0.15) is 4.98 Å². The predicted octanol–water partition coefficient (Wildman–Crippen LogP) is 3.39. The van der Waals surface area contributed by atoms with Gasteiger partial charge < -0.3 is 19.5 Å². The van der Waals surface area contributed by atoms with Crippen LogP contribution in [0.1, 0.15) is 44.5 Å². The number of aromatic nitrogens is 2. The highest BCUT2D eigenvalue weighted by molar-refractivity contribution is 5.74. The van der Waals surface area contributed by atoms with Crippen molar-refractivity contribution in [3.05, 3.63) is 30.2 Å². The molecule has 1 aliphatic heterocycles. The van der Waals surface area contributed by atoms with Crippen molar-refractivity contribution < 1.29 is 14.1 Å². The topological polar surface area (TPSA) is 80.5 Å². The van der Waals surface area contributed by atoms with E-state index in [0.717, 1.165) is 37.0 Å². The summed E-state index contributed by atoms with van der Waals surface area (Å²) < 4.78 is 10.6. The number of likely N-dealkylation sites (tertiary alicyclic amines) is 1. The minimum atomic E-state index is -0.152. The van der Waals surface area contributed by atoms with Gasteiger partial charge in [-0.05, 0) is 43.5 Å². The highest BCUT2D eigenvalue weighted by atomic mass is 16.5. The molecule has 0 saturated carbocycles. The molecule has 7 heteroatoms. The zero-order valence-electron chi connectivity index (χ0n) is 14.7. The molecule has 0 radical (unpaired) electrons. The Morgan fingerprint density at radius 3 is 2.92 bits per heavy atom.